The molecule has 0 heterocycles. The lowest BCUT2D eigenvalue weighted by atomic mass is 10.0. The van der Waals surface area contributed by atoms with Gasteiger partial charge in [0.15, 0.2) is 5.78 Å². The topological polar surface area (TPSA) is 224 Å². The highest BCUT2D eigenvalue weighted by Crippen LogP contribution is 2.09. The molecule has 0 saturated heterocycles. The molecule has 0 radical (unpaired) electrons. The number of Topliss-reactive ketones (excluding diaryl/α,β-unsaturated/α-hetero) is 1. The average Bonchev–Trinajstić information content (AvgIpc) is 3.06. The van der Waals surface area contributed by atoms with Crippen molar-refractivity contribution in [1.82, 2.24) is 26.6 Å². The van der Waals surface area contributed by atoms with Crippen LogP contribution in [-0.2, 0) is 54.4 Å². The summed E-state index contributed by atoms with van der Waals surface area (Å²) in [7, 11) is 2.13. The van der Waals surface area contributed by atoms with E-state index in [0.29, 0.717) is 5.56 Å². The number of amides is 5. The Morgan fingerprint density at radius 3 is 1.63 bits per heavy atom. The largest absolute Gasteiger partial charge is 0.469 e. The maximum absolute atomic E-state index is 13.4. The molecule has 0 aromatic heterocycles. The van der Waals surface area contributed by atoms with E-state index >= 15 is 0 Å². The third-order valence-corrected chi connectivity index (χ3v) is 7.10. The highest BCUT2D eigenvalue weighted by Gasteiger charge is 2.34. The Labute approximate surface area is 283 Å². The molecule has 16 nitrogen and oxygen atoms in total. The lowest BCUT2D eigenvalue weighted by Crippen LogP contribution is -2.60. The highest BCUT2D eigenvalue weighted by atomic mass is 19.1. The van der Waals surface area contributed by atoms with E-state index in [1.807, 2.05) is 0 Å². The van der Waals surface area contributed by atoms with Crippen LogP contribution in [-0.4, -0.2) is 98.5 Å². The molecule has 272 valence electrons. The minimum absolute atomic E-state index is 0.0603. The van der Waals surface area contributed by atoms with E-state index < -0.39 is 109 Å². The van der Waals surface area contributed by atoms with Crippen LogP contribution in [0.3, 0.4) is 0 Å². The maximum Gasteiger partial charge on any atom is 0.408 e. The predicted molar refractivity (Wildman–Crippen MR) is 171 cm³/mol. The summed E-state index contributed by atoms with van der Waals surface area (Å²) >= 11 is 0. The lowest BCUT2D eigenvalue weighted by Gasteiger charge is -2.28. The van der Waals surface area contributed by atoms with Crippen molar-refractivity contribution in [3.8, 4) is 0 Å². The van der Waals surface area contributed by atoms with E-state index in [9.17, 15) is 42.7 Å². The SMILES string of the molecule is COC(=O)CC(NC(=O)[C@@H](NC(=O)OCc1ccccc1)C(C)C)C(=O)N[C@H](C(=O)NC(C)C(=O)N[C@@H](CC(=O)OC)C(=O)CF)C(C)C. The Morgan fingerprint density at radius 1 is 0.633 bits per heavy atom. The molecule has 1 aromatic carbocycles. The van der Waals surface area contributed by atoms with Crippen LogP contribution in [0.5, 0.6) is 0 Å². The van der Waals surface area contributed by atoms with Crippen LogP contribution in [0.15, 0.2) is 30.3 Å². The average molecular weight is 696 g/mol. The number of hydrogen-bond donors (Lipinski definition) is 5. The molecule has 17 heteroatoms. The standard InChI is InChI=1S/C32H46FN5O11/c1-17(2)26(30(44)34-19(5)28(42)35-21(23(39)15-33)13-24(40)47-6)37-29(43)22(14-25(41)48-7)36-31(45)27(18(3)4)38-32(46)49-16-20-11-9-8-10-12-20/h8-12,17-19,21-22,26-27H,13-16H2,1-7H3,(H,34,44)(H,35,42)(H,36,45)(H,37,43)(H,38,46)/t19?,21-,22?,26-,27-/m0/s1. The summed E-state index contributed by atoms with van der Waals surface area (Å²) in [5, 5.41) is 11.9. The number of alkyl carbamates (subject to hydrolysis) is 1. The monoisotopic (exact) mass is 695 g/mol. The number of esters is 2. The third kappa shape index (κ3) is 14.7. The van der Waals surface area contributed by atoms with Crippen LogP contribution in [0, 0.1) is 11.8 Å². The van der Waals surface area contributed by atoms with Gasteiger partial charge in [0.25, 0.3) is 0 Å². The van der Waals surface area contributed by atoms with Crippen LogP contribution < -0.4 is 26.6 Å². The Balaban J connectivity index is 3.03. The van der Waals surface area contributed by atoms with E-state index in [1.165, 1.54) is 6.92 Å². The normalized spacial score (nSPS) is 13.8. The van der Waals surface area contributed by atoms with E-state index in [0.717, 1.165) is 14.2 Å². The fourth-order valence-corrected chi connectivity index (χ4v) is 4.19. The Morgan fingerprint density at radius 2 is 1.12 bits per heavy atom. The number of halogens is 1. The molecule has 5 atom stereocenters. The minimum Gasteiger partial charge on any atom is -0.469 e. The van der Waals surface area contributed by atoms with Crippen LogP contribution in [0.1, 0.15) is 53.0 Å². The number of rotatable bonds is 19. The molecule has 0 bridgehead atoms. The maximum atomic E-state index is 13.4. The summed E-state index contributed by atoms with van der Waals surface area (Å²) in [6.07, 6.45) is -2.16. The second-order valence-electron chi connectivity index (χ2n) is 11.7. The summed E-state index contributed by atoms with van der Waals surface area (Å²) in [4.78, 5) is 101. The van der Waals surface area contributed by atoms with Gasteiger partial charge in [0.05, 0.1) is 27.1 Å². The van der Waals surface area contributed by atoms with Crippen molar-refractivity contribution in [1.29, 1.82) is 0 Å². The van der Waals surface area contributed by atoms with Gasteiger partial charge >= 0.3 is 18.0 Å². The van der Waals surface area contributed by atoms with E-state index in [4.69, 9.17) is 4.74 Å². The molecule has 1 rings (SSSR count). The van der Waals surface area contributed by atoms with Gasteiger partial charge in [-0.15, -0.1) is 0 Å². The number of hydrogen-bond acceptors (Lipinski definition) is 11. The summed E-state index contributed by atoms with van der Waals surface area (Å²) in [5.74, 6) is -7.44. The number of methoxy groups -OCH3 is 2. The fraction of sp³-hybridized carbons (Fsp3) is 0.562. The molecule has 0 aliphatic rings. The fourth-order valence-electron chi connectivity index (χ4n) is 4.19. The first-order chi connectivity index (χ1) is 23.0. The zero-order valence-corrected chi connectivity index (χ0v) is 28.6. The quantitative estimate of drug-likeness (QED) is 0.0972. The first-order valence-electron chi connectivity index (χ1n) is 15.4. The first-order valence-corrected chi connectivity index (χ1v) is 15.4. The summed E-state index contributed by atoms with van der Waals surface area (Å²) in [6, 6.07) is 1.93. The zero-order valence-electron chi connectivity index (χ0n) is 28.6. The second-order valence-corrected chi connectivity index (χ2v) is 11.7. The van der Waals surface area contributed by atoms with Gasteiger partial charge in [0.1, 0.15) is 43.5 Å². The van der Waals surface area contributed by atoms with Gasteiger partial charge in [-0.3, -0.25) is 33.6 Å². The summed E-state index contributed by atoms with van der Waals surface area (Å²) in [5.41, 5.74) is 0.714. The van der Waals surface area contributed by atoms with Gasteiger partial charge < -0.3 is 40.8 Å². The van der Waals surface area contributed by atoms with Crippen LogP contribution >= 0.6 is 0 Å². The molecule has 49 heavy (non-hydrogen) atoms. The van der Waals surface area contributed by atoms with Gasteiger partial charge in [-0.1, -0.05) is 58.0 Å². The lowest BCUT2D eigenvalue weighted by molar-refractivity contribution is -0.144. The van der Waals surface area contributed by atoms with Gasteiger partial charge in [0, 0.05) is 0 Å². The molecule has 0 fully saturated rings. The third-order valence-electron chi connectivity index (χ3n) is 7.10. The van der Waals surface area contributed by atoms with Crippen LogP contribution in [0.25, 0.3) is 0 Å². The van der Waals surface area contributed by atoms with Gasteiger partial charge in [-0.2, -0.15) is 0 Å². The van der Waals surface area contributed by atoms with Gasteiger partial charge in [0.2, 0.25) is 23.6 Å². The molecule has 0 saturated carbocycles. The molecule has 0 aliphatic heterocycles. The predicted octanol–water partition coefficient (Wildman–Crippen LogP) is 0.217. The Bertz CT molecular complexity index is 1330. The van der Waals surface area contributed by atoms with Gasteiger partial charge in [-0.25, -0.2) is 9.18 Å². The molecule has 1 aromatic rings. The second kappa shape index (κ2) is 21.0. The van der Waals surface area contributed by atoms with E-state index in [2.05, 4.69) is 36.1 Å². The molecule has 5 amide bonds. The van der Waals surface area contributed by atoms with Crippen LogP contribution in [0.4, 0.5) is 9.18 Å². The van der Waals surface area contributed by atoms with Crippen molar-refractivity contribution < 1.29 is 57.0 Å². The number of benzene rings is 1. The van der Waals surface area contributed by atoms with Crippen molar-refractivity contribution >= 4 is 47.4 Å². The number of nitrogens with one attached hydrogen (secondary N) is 5. The molecule has 0 aliphatic carbocycles. The smallest absolute Gasteiger partial charge is 0.408 e. The summed E-state index contributed by atoms with van der Waals surface area (Å²) in [6.45, 7) is 6.17. The van der Waals surface area contributed by atoms with Crippen molar-refractivity contribution in [2.45, 2.75) is 84.3 Å². The summed E-state index contributed by atoms with van der Waals surface area (Å²) < 4.78 is 27.3. The molecule has 0 spiro atoms. The van der Waals surface area contributed by atoms with Crippen molar-refractivity contribution in [2.75, 3.05) is 20.9 Å². The number of alkyl halides is 1. The van der Waals surface area contributed by atoms with Crippen molar-refractivity contribution in [3.05, 3.63) is 35.9 Å². The van der Waals surface area contributed by atoms with Crippen molar-refractivity contribution in [2.24, 2.45) is 11.8 Å². The number of carbonyl (C=O) groups is 8. The Kier molecular flexibility index (Phi) is 18.0. The van der Waals surface area contributed by atoms with Crippen LogP contribution in [0.2, 0.25) is 0 Å². The first kappa shape index (κ1) is 41.9. The molecule has 2 unspecified atom stereocenters. The van der Waals surface area contributed by atoms with E-state index in [1.54, 1.807) is 58.0 Å². The van der Waals surface area contributed by atoms with Gasteiger partial charge in [-0.05, 0) is 24.3 Å². The number of ketones is 1. The molecular weight excluding hydrogens is 649 g/mol. The molecule has 5 N–H and O–H groups in total. The highest BCUT2D eigenvalue weighted by molar-refractivity contribution is 5.98. The molecular formula is C32H46FN5O11. The van der Waals surface area contributed by atoms with Crippen molar-refractivity contribution in [3.63, 3.8) is 0 Å². The van der Waals surface area contributed by atoms with E-state index in [-0.39, 0.29) is 6.61 Å². The Hall–Kier alpha value is -5.09. The minimum atomic E-state index is -1.55. The number of ether oxygens (including phenoxy) is 3. The number of carbonyl (C=O) groups excluding carboxylic acids is 8. The zero-order chi connectivity index (χ0) is 37.3.